The SMILES string of the molecule is C=C1CC[C@H]2[C@H](C=O)[C@@H]([C@@]3(C)CC[C@H]4CC3C(O)O4)CC[C@]12C. The standard InChI is InChI=1S/C20H30O3/c1-12-4-5-15-14(11-21)16(7-9-19(12,15)2)20(3)8-6-13-10-17(20)18(22)23-13/h11,13-18,22H,1,4-10H2,2-3H3/t13-,14-,15-,16-,17?,18?,19+,20+/m0/s1. The van der Waals surface area contributed by atoms with Crippen molar-refractivity contribution in [2.45, 2.75) is 71.2 Å². The van der Waals surface area contributed by atoms with Crippen molar-refractivity contribution in [1.29, 1.82) is 0 Å². The lowest BCUT2D eigenvalue weighted by molar-refractivity contribution is -0.139. The highest BCUT2D eigenvalue weighted by Gasteiger charge is 2.59. The first kappa shape index (κ1) is 15.8. The summed E-state index contributed by atoms with van der Waals surface area (Å²) in [5.74, 6) is 1.14. The van der Waals surface area contributed by atoms with Crippen molar-refractivity contribution in [2.75, 3.05) is 0 Å². The molecule has 8 atom stereocenters. The summed E-state index contributed by atoms with van der Waals surface area (Å²) in [6.07, 6.45) is 8.33. The molecule has 1 saturated heterocycles. The molecule has 0 amide bonds. The van der Waals surface area contributed by atoms with E-state index in [2.05, 4.69) is 20.4 Å². The molecule has 0 aromatic carbocycles. The smallest absolute Gasteiger partial charge is 0.158 e. The molecule has 0 spiro atoms. The van der Waals surface area contributed by atoms with E-state index in [1.54, 1.807) is 0 Å². The van der Waals surface area contributed by atoms with E-state index in [0.717, 1.165) is 44.9 Å². The van der Waals surface area contributed by atoms with Crippen LogP contribution in [0.1, 0.15) is 58.8 Å². The van der Waals surface area contributed by atoms with E-state index in [0.29, 0.717) is 11.8 Å². The maximum absolute atomic E-state index is 12.1. The van der Waals surface area contributed by atoms with E-state index in [9.17, 15) is 9.90 Å². The lowest BCUT2D eigenvalue weighted by Gasteiger charge is -2.54. The van der Waals surface area contributed by atoms with Gasteiger partial charge in [0.15, 0.2) is 6.29 Å². The van der Waals surface area contributed by atoms with Gasteiger partial charge < -0.3 is 14.6 Å². The summed E-state index contributed by atoms with van der Waals surface area (Å²) in [6.45, 7) is 8.95. The predicted molar refractivity (Wildman–Crippen MR) is 88.6 cm³/mol. The molecule has 23 heavy (non-hydrogen) atoms. The normalized spacial score (nSPS) is 55.7. The first-order chi connectivity index (χ1) is 10.9. The molecule has 2 unspecified atom stereocenters. The van der Waals surface area contributed by atoms with E-state index in [4.69, 9.17) is 4.74 Å². The van der Waals surface area contributed by atoms with Gasteiger partial charge in [-0.3, -0.25) is 0 Å². The van der Waals surface area contributed by atoms with Crippen LogP contribution in [-0.4, -0.2) is 23.8 Å². The number of carbonyl (C=O) groups excluding carboxylic acids is 1. The van der Waals surface area contributed by atoms with Crippen molar-refractivity contribution in [3.05, 3.63) is 12.2 Å². The molecule has 2 bridgehead atoms. The van der Waals surface area contributed by atoms with Crippen LogP contribution in [0.3, 0.4) is 0 Å². The fraction of sp³-hybridized carbons (Fsp3) is 0.850. The summed E-state index contributed by atoms with van der Waals surface area (Å²) in [5.41, 5.74) is 1.54. The van der Waals surface area contributed by atoms with Gasteiger partial charge in [-0.25, -0.2) is 0 Å². The average Bonchev–Trinajstić information content (AvgIpc) is 3.01. The summed E-state index contributed by atoms with van der Waals surface area (Å²) in [7, 11) is 0. The molecular formula is C20H30O3. The third-order valence-corrected chi connectivity index (χ3v) is 8.34. The summed E-state index contributed by atoms with van der Waals surface area (Å²) in [6, 6.07) is 0. The minimum atomic E-state index is -0.633. The number of ether oxygens (including phenoxy) is 1. The molecule has 128 valence electrons. The van der Waals surface area contributed by atoms with Crippen LogP contribution in [0.25, 0.3) is 0 Å². The van der Waals surface area contributed by atoms with Crippen LogP contribution < -0.4 is 0 Å². The van der Waals surface area contributed by atoms with Crippen molar-refractivity contribution in [3.63, 3.8) is 0 Å². The van der Waals surface area contributed by atoms with Crippen molar-refractivity contribution < 1.29 is 14.6 Å². The van der Waals surface area contributed by atoms with E-state index >= 15 is 0 Å². The second kappa shape index (κ2) is 5.16. The van der Waals surface area contributed by atoms with Gasteiger partial charge in [0, 0.05) is 11.8 Å². The predicted octanol–water partition coefficient (Wildman–Crippen LogP) is 3.71. The highest BCUT2D eigenvalue weighted by Crippen LogP contribution is 2.64. The van der Waals surface area contributed by atoms with Crippen LogP contribution in [-0.2, 0) is 9.53 Å². The number of fused-ring (bicyclic) bond motifs is 3. The van der Waals surface area contributed by atoms with E-state index in [1.165, 1.54) is 11.9 Å². The third-order valence-electron chi connectivity index (χ3n) is 8.34. The van der Waals surface area contributed by atoms with Gasteiger partial charge in [-0.05, 0) is 67.6 Å². The van der Waals surface area contributed by atoms with Crippen molar-refractivity contribution in [3.8, 4) is 0 Å². The van der Waals surface area contributed by atoms with Crippen LogP contribution in [0.2, 0.25) is 0 Å². The number of rotatable bonds is 2. The molecule has 1 N–H and O–H groups in total. The minimum Gasteiger partial charge on any atom is -0.368 e. The molecule has 1 heterocycles. The Hall–Kier alpha value is -0.670. The lowest BCUT2D eigenvalue weighted by Crippen LogP contribution is -2.50. The molecule has 3 aliphatic carbocycles. The Bertz CT molecular complexity index is 529. The largest absolute Gasteiger partial charge is 0.368 e. The quantitative estimate of drug-likeness (QED) is 0.623. The lowest BCUT2D eigenvalue weighted by atomic mass is 9.50. The molecular weight excluding hydrogens is 288 g/mol. The van der Waals surface area contributed by atoms with E-state index < -0.39 is 6.29 Å². The summed E-state index contributed by atoms with van der Waals surface area (Å²) in [4.78, 5) is 12.1. The number of hydrogen-bond donors (Lipinski definition) is 1. The van der Waals surface area contributed by atoms with E-state index in [1.807, 2.05) is 0 Å². The first-order valence-corrected chi connectivity index (χ1v) is 9.37. The van der Waals surface area contributed by atoms with Crippen LogP contribution in [0.15, 0.2) is 12.2 Å². The average molecular weight is 318 g/mol. The maximum atomic E-state index is 12.1. The Labute approximate surface area is 139 Å². The number of aldehydes is 1. The second-order valence-electron chi connectivity index (χ2n) is 9.06. The zero-order valence-electron chi connectivity index (χ0n) is 14.5. The van der Waals surface area contributed by atoms with Gasteiger partial charge in [-0.2, -0.15) is 0 Å². The minimum absolute atomic E-state index is 0.0310. The zero-order valence-corrected chi connectivity index (χ0v) is 14.5. The number of carbonyl (C=O) groups is 1. The van der Waals surface area contributed by atoms with Crippen molar-refractivity contribution >= 4 is 6.29 Å². The van der Waals surface area contributed by atoms with Gasteiger partial charge in [0.25, 0.3) is 0 Å². The molecule has 1 aliphatic heterocycles. The number of hydrogen-bond acceptors (Lipinski definition) is 3. The molecule has 0 radical (unpaired) electrons. The molecule has 3 heteroatoms. The van der Waals surface area contributed by atoms with Gasteiger partial charge in [0.2, 0.25) is 0 Å². The Morgan fingerprint density at radius 2 is 1.96 bits per heavy atom. The molecule has 4 fully saturated rings. The molecule has 4 rings (SSSR count). The zero-order chi connectivity index (χ0) is 16.4. The Morgan fingerprint density at radius 1 is 1.17 bits per heavy atom. The number of aliphatic hydroxyl groups is 1. The van der Waals surface area contributed by atoms with Gasteiger partial charge in [0.1, 0.15) is 6.29 Å². The Balaban J connectivity index is 1.66. The topological polar surface area (TPSA) is 46.5 Å². The molecule has 0 aromatic rings. The first-order valence-electron chi connectivity index (χ1n) is 9.37. The van der Waals surface area contributed by atoms with Gasteiger partial charge in [-0.1, -0.05) is 26.0 Å². The second-order valence-corrected chi connectivity index (χ2v) is 9.06. The fourth-order valence-electron chi connectivity index (χ4n) is 6.71. The van der Waals surface area contributed by atoms with Crippen LogP contribution in [0, 0.1) is 34.5 Å². The van der Waals surface area contributed by atoms with Crippen LogP contribution >= 0.6 is 0 Å². The highest BCUT2D eigenvalue weighted by atomic mass is 16.6. The molecule has 3 saturated carbocycles. The summed E-state index contributed by atoms with van der Waals surface area (Å²) in [5, 5.41) is 10.4. The van der Waals surface area contributed by atoms with Gasteiger partial charge in [-0.15, -0.1) is 0 Å². The van der Waals surface area contributed by atoms with Crippen molar-refractivity contribution in [2.24, 2.45) is 34.5 Å². The highest BCUT2D eigenvalue weighted by molar-refractivity contribution is 5.56. The maximum Gasteiger partial charge on any atom is 0.158 e. The van der Waals surface area contributed by atoms with E-state index in [-0.39, 0.29) is 28.8 Å². The third kappa shape index (κ3) is 2.05. The molecule has 4 aliphatic rings. The molecule has 0 aromatic heterocycles. The molecule has 3 nitrogen and oxygen atoms in total. The Kier molecular flexibility index (Phi) is 3.55. The number of aliphatic hydroxyl groups excluding tert-OH is 1. The fourth-order valence-corrected chi connectivity index (χ4v) is 6.71. The Morgan fingerprint density at radius 3 is 2.70 bits per heavy atom. The van der Waals surface area contributed by atoms with Crippen LogP contribution in [0.4, 0.5) is 0 Å². The van der Waals surface area contributed by atoms with Crippen LogP contribution in [0.5, 0.6) is 0 Å². The van der Waals surface area contributed by atoms with Gasteiger partial charge in [0.05, 0.1) is 6.10 Å². The summed E-state index contributed by atoms with van der Waals surface area (Å²) < 4.78 is 5.72. The monoisotopic (exact) mass is 318 g/mol. The van der Waals surface area contributed by atoms with Gasteiger partial charge >= 0.3 is 0 Å². The van der Waals surface area contributed by atoms with Crippen molar-refractivity contribution in [1.82, 2.24) is 0 Å². The summed E-state index contributed by atoms with van der Waals surface area (Å²) >= 11 is 0. The number of allylic oxidation sites excluding steroid dienone is 1.